The molecule has 5 rings (SSSR count). The first-order valence-corrected chi connectivity index (χ1v) is 9.06. The van der Waals surface area contributed by atoms with Crippen molar-refractivity contribution in [3.8, 4) is 11.1 Å². The fourth-order valence-corrected chi connectivity index (χ4v) is 4.40. The predicted molar refractivity (Wildman–Crippen MR) is 109 cm³/mol. The lowest BCUT2D eigenvalue weighted by Gasteiger charge is -2.06. The molecule has 25 heavy (non-hydrogen) atoms. The van der Waals surface area contributed by atoms with Crippen LogP contribution >= 0.6 is 11.3 Å². The minimum atomic E-state index is 0.118. The number of benzene rings is 4. The zero-order valence-corrected chi connectivity index (χ0v) is 14.2. The van der Waals surface area contributed by atoms with E-state index in [0.717, 1.165) is 31.3 Å². The lowest BCUT2D eigenvalue weighted by Crippen LogP contribution is -2.00. The summed E-state index contributed by atoms with van der Waals surface area (Å²) in [6.07, 6.45) is 0. The second-order valence-electron chi connectivity index (χ2n) is 6.20. The van der Waals surface area contributed by atoms with Gasteiger partial charge in [0.25, 0.3) is 0 Å². The average Bonchev–Trinajstić information content (AvgIpc) is 2.68. The molecule has 2 heteroatoms. The fraction of sp³-hybridized carbons (Fsp3) is 0. The molecule has 1 nitrogen and oxygen atoms in total. The molecule has 0 fully saturated rings. The molecule has 0 spiro atoms. The third-order valence-electron chi connectivity index (χ3n) is 4.66. The topological polar surface area (TPSA) is 17.1 Å². The molecule has 0 bridgehead atoms. The van der Waals surface area contributed by atoms with E-state index in [1.54, 1.807) is 11.3 Å². The maximum Gasteiger partial charge on any atom is 0.195 e. The highest BCUT2D eigenvalue weighted by Gasteiger charge is 2.08. The Bertz CT molecular complexity index is 1310. The van der Waals surface area contributed by atoms with Crippen molar-refractivity contribution in [2.45, 2.75) is 0 Å². The number of rotatable bonds is 1. The molecule has 0 aliphatic heterocycles. The van der Waals surface area contributed by atoms with Gasteiger partial charge in [-0.25, -0.2) is 0 Å². The van der Waals surface area contributed by atoms with Crippen LogP contribution in [0, 0.1) is 0 Å². The van der Waals surface area contributed by atoms with Crippen LogP contribution < -0.4 is 5.43 Å². The maximum atomic E-state index is 12.9. The van der Waals surface area contributed by atoms with E-state index in [1.165, 1.54) is 10.8 Å². The van der Waals surface area contributed by atoms with Gasteiger partial charge in [-0.15, -0.1) is 11.3 Å². The summed E-state index contributed by atoms with van der Waals surface area (Å²) in [6, 6.07) is 28.8. The number of fused-ring (bicyclic) bond motifs is 3. The predicted octanol–water partition coefficient (Wildman–Crippen LogP) is 6.23. The van der Waals surface area contributed by atoms with Crippen molar-refractivity contribution < 1.29 is 0 Å². The van der Waals surface area contributed by atoms with Gasteiger partial charge in [0.05, 0.1) is 0 Å². The summed E-state index contributed by atoms with van der Waals surface area (Å²) in [4.78, 5) is 12.9. The third-order valence-corrected chi connectivity index (χ3v) is 5.81. The normalized spacial score (nSPS) is 11.4. The number of hydrogen-bond donors (Lipinski definition) is 0. The van der Waals surface area contributed by atoms with Crippen molar-refractivity contribution in [2.75, 3.05) is 0 Å². The fourth-order valence-electron chi connectivity index (χ4n) is 3.35. The zero-order chi connectivity index (χ0) is 16.8. The molecule has 1 heterocycles. The van der Waals surface area contributed by atoms with Gasteiger partial charge in [-0.05, 0) is 52.2 Å². The van der Waals surface area contributed by atoms with Crippen LogP contribution in [0.25, 0.3) is 42.1 Å². The van der Waals surface area contributed by atoms with Crippen molar-refractivity contribution in [3.63, 3.8) is 0 Å². The molecule has 0 N–H and O–H groups in total. The summed E-state index contributed by atoms with van der Waals surface area (Å²) in [5.41, 5.74) is 2.34. The first kappa shape index (κ1) is 14.4. The molecule has 0 atom stereocenters. The molecular weight excluding hydrogens is 324 g/mol. The summed E-state index contributed by atoms with van der Waals surface area (Å²) in [5.74, 6) is 0. The Balaban J connectivity index is 1.77. The summed E-state index contributed by atoms with van der Waals surface area (Å²) in [7, 11) is 0. The van der Waals surface area contributed by atoms with E-state index in [9.17, 15) is 4.79 Å². The molecule has 0 aliphatic carbocycles. The zero-order valence-electron chi connectivity index (χ0n) is 13.4. The van der Waals surface area contributed by atoms with E-state index in [4.69, 9.17) is 0 Å². The molecule has 0 saturated carbocycles. The summed E-state index contributed by atoms with van der Waals surface area (Å²) in [5, 5.41) is 4.04. The minimum Gasteiger partial charge on any atom is -0.289 e. The molecule has 1 aromatic heterocycles. The van der Waals surface area contributed by atoms with Gasteiger partial charge in [0.2, 0.25) is 0 Å². The standard InChI is InChI=1S/C23H14OS/c24-23-19-7-3-4-8-21(19)25-22-12-11-18(14-20(22)23)17-10-9-15-5-1-2-6-16(15)13-17/h1-14H. The van der Waals surface area contributed by atoms with E-state index in [0.29, 0.717) is 0 Å². The lowest BCUT2D eigenvalue weighted by atomic mass is 10.00. The van der Waals surface area contributed by atoms with Crippen LogP contribution in [0.3, 0.4) is 0 Å². The molecule has 118 valence electrons. The Morgan fingerprint density at radius 1 is 0.560 bits per heavy atom. The summed E-state index contributed by atoms with van der Waals surface area (Å²) < 4.78 is 2.08. The van der Waals surface area contributed by atoms with Crippen molar-refractivity contribution in [1.82, 2.24) is 0 Å². The van der Waals surface area contributed by atoms with Gasteiger partial charge in [-0.2, -0.15) is 0 Å². The quantitative estimate of drug-likeness (QED) is 0.331. The van der Waals surface area contributed by atoms with Gasteiger partial charge in [0, 0.05) is 20.2 Å². The van der Waals surface area contributed by atoms with Crippen LogP contribution in [0.4, 0.5) is 0 Å². The van der Waals surface area contributed by atoms with E-state index >= 15 is 0 Å². The highest BCUT2D eigenvalue weighted by atomic mass is 32.1. The molecule has 0 unspecified atom stereocenters. The van der Waals surface area contributed by atoms with E-state index < -0.39 is 0 Å². The van der Waals surface area contributed by atoms with Gasteiger partial charge in [0.15, 0.2) is 5.43 Å². The maximum absolute atomic E-state index is 12.9. The van der Waals surface area contributed by atoms with E-state index in [-0.39, 0.29) is 5.43 Å². The van der Waals surface area contributed by atoms with Crippen molar-refractivity contribution in [3.05, 3.63) is 95.2 Å². The molecule has 0 saturated heterocycles. The van der Waals surface area contributed by atoms with Gasteiger partial charge < -0.3 is 0 Å². The summed E-state index contributed by atoms with van der Waals surface area (Å²) >= 11 is 1.67. The molecule has 0 aliphatic rings. The van der Waals surface area contributed by atoms with Crippen LogP contribution in [-0.4, -0.2) is 0 Å². The molecule has 4 aromatic carbocycles. The first-order chi connectivity index (χ1) is 12.3. The van der Waals surface area contributed by atoms with Gasteiger partial charge in [-0.3, -0.25) is 4.79 Å². The molecule has 5 aromatic rings. The van der Waals surface area contributed by atoms with Crippen molar-refractivity contribution in [1.29, 1.82) is 0 Å². The smallest absolute Gasteiger partial charge is 0.195 e. The molecular formula is C23H14OS. The van der Waals surface area contributed by atoms with E-state index in [1.807, 2.05) is 36.4 Å². The lowest BCUT2D eigenvalue weighted by molar-refractivity contribution is 1.67. The van der Waals surface area contributed by atoms with Gasteiger partial charge >= 0.3 is 0 Å². The minimum absolute atomic E-state index is 0.118. The highest BCUT2D eigenvalue weighted by molar-refractivity contribution is 7.24. The van der Waals surface area contributed by atoms with Crippen LogP contribution in [0.15, 0.2) is 89.7 Å². The van der Waals surface area contributed by atoms with Crippen LogP contribution in [0.1, 0.15) is 0 Å². The largest absolute Gasteiger partial charge is 0.289 e. The number of hydrogen-bond acceptors (Lipinski definition) is 2. The average molecular weight is 338 g/mol. The third kappa shape index (κ3) is 2.34. The Kier molecular flexibility index (Phi) is 3.19. The molecule has 0 radical (unpaired) electrons. The van der Waals surface area contributed by atoms with E-state index in [2.05, 4.69) is 48.5 Å². The van der Waals surface area contributed by atoms with Crippen LogP contribution in [0.2, 0.25) is 0 Å². The monoisotopic (exact) mass is 338 g/mol. The Labute approximate surface area is 148 Å². The SMILES string of the molecule is O=c1c2ccccc2sc2ccc(-c3ccc4ccccc4c3)cc12. The van der Waals surface area contributed by atoms with Crippen LogP contribution in [0.5, 0.6) is 0 Å². The summed E-state index contributed by atoms with van der Waals surface area (Å²) in [6.45, 7) is 0. The Morgan fingerprint density at radius 2 is 1.24 bits per heavy atom. The highest BCUT2D eigenvalue weighted by Crippen LogP contribution is 2.30. The Morgan fingerprint density at radius 3 is 2.16 bits per heavy atom. The Hall–Kier alpha value is -2.97. The van der Waals surface area contributed by atoms with Gasteiger partial charge in [-0.1, -0.05) is 54.6 Å². The first-order valence-electron chi connectivity index (χ1n) is 8.24. The van der Waals surface area contributed by atoms with Crippen molar-refractivity contribution >= 4 is 42.3 Å². The van der Waals surface area contributed by atoms with Crippen LogP contribution in [-0.2, 0) is 0 Å². The second kappa shape index (κ2) is 5.54. The second-order valence-corrected chi connectivity index (χ2v) is 7.28. The van der Waals surface area contributed by atoms with Gasteiger partial charge in [0.1, 0.15) is 0 Å². The molecule has 0 amide bonds. The van der Waals surface area contributed by atoms with Crippen molar-refractivity contribution in [2.24, 2.45) is 0 Å².